The van der Waals surface area contributed by atoms with Gasteiger partial charge in [-0.2, -0.15) is 0 Å². The van der Waals surface area contributed by atoms with Crippen LogP contribution in [0.1, 0.15) is 27.7 Å². The fourth-order valence-electron chi connectivity index (χ4n) is 1.75. The molecule has 0 bridgehead atoms. The molecule has 17 heavy (non-hydrogen) atoms. The predicted molar refractivity (Wildman–Crippen MR) is 65.1 cm³/mol. The van der Waals surface area contributed by atoms with Gasteiger partial charge in [0.25, 0.3) is 0 Å². The van der Waals surface area contributed by atoms with Crippen molar-refractivity contribution in [1.82, 2.24) is 0 Å². The van der Waals surface area contributed by atoms with Gasteiger partial charge in [-0.3, -0.25) is 9.59 Å². The Kier molecular flexibility index (Phi) is 3.69. The number of carbonyl (C=O) groups excluding carboxylic acids is 2. The summed E-state index contributed by atoms with van der Waals surface area (Å²) in [7, 11) is 0. The maximum absolute atomic E-state index is 11.7. The summed E-state index contributed by atoms with van der Waals surface area (Å²) in [6.07, 6.45) is 1.58. The first-order valence-corrected chi connectivity index (χ1v) is 5.42. The van der Waals surface area contributed by atoms with E-state index in [0.717, 1.165) is 5.57 Å². The first-order chi connectivity index (χ1) is 7.82. The van der Waals surface area contributed by atoms with Crippen LogP contribution in [0.5, 0.6) is 0 Å². The van der Waals surface area contributed by atoms with Gasteiger partial charge in [0.15, 0.2) is 0 Å². The van der Waals surface area contributed by atoms with Crippen molar-refractivity contribution in [2.45, 2.75) is 27.7 Å². The largest absolute Gasteiger partial charge is 0.392 e. The fourth-order valence-corrected chi connectivity index (χ4v) is 1.75. The van der Waals surface area contributed by atoms with E-state index in [1.54, 1.807) is 33.8 Å². The number of hydrogen-bond acceptors (Lipinski definition) is 3. The Bertz CT molecular complexity index is 493. The van der Waals surface area contributed by atoms with E-state index >= 15 is 0 Å². The molecule has 0 radical (unpaired) electrons. The van der Waals surface area contributed by atoms with Gasteiger partial charge in [-0.25, -0.2) is 0 Å². The molecule has 0 aromatic carbocycles. The van der Waals surface area contributed by atoms with E-state index in [-0.39, 0.29) is 6.61 Å². The van der Waals surface area contributed by atoms with Crippen LogP contribution in [0, 0.1) is 17.3 Å². The fraction of sp³-hybridized carbons (Fsp3) is 0.429. The minimum absolute atomic E-state index is 0.0696. The van der Waals surface area contributed by atoms with E-state index in [4.69, 9.17) is 5.11 Å². The van der Waals surface area contributed by atoms with E-state index in [2.05, 4.69) is 11.8 Å². The number of rotatable bonds is 1. The minimum Gasteiger partial charge on any atom is -0.392 e. The van der Waals surface area contributed by atoms with Gasteiger partial charge in [-0.1, -0.05) is 11.8 Å². The molecule has 0 fully saturated rings. The second kappa shape index (κ2) is 4.68. The Balaban J connectivity index is 3.18. The van der Waals surface area contributed by atoms with Crippen molar-refractivity contribution in [3.8, 4) is 11.8 Å². The Labute approximate surface area is 101 Å². The molecule has 0 aromatic rings. The molecular formula is C14H16O3. The minimum atomic E-state index is -0.826. The highest BCUT2D eigenvalue weighted by atomic mass is 16.2. The van der Waals surface area contributed by atoms with Gasteiger partial charge in [0, 0.05) is 11.1 Å². The molecule has 1 rings (SSSR count). The summed E-state index contributed by atoms with van der Waals surface area (Å²) >= 11 is 0. The van der Waals surface area contributed by atoms with Gasteiger partial charge in [0.1, 0.15) is 0 Å². The molecule has 1 aliphatic rings. The molecular weight excluding hydrogens is 216 g/mol. The zero-order chi connectivity index (χ0) is 13.2. The van der Waals surface area contributed by atoms with Gasteiger partial charge < -0.3 is 5.11 Å². The maximum Gasteiger partial charge on any atom is 0.226 e. The zero-order valence-electron chi connectivity index (χ0n) is 10.5. The van der Waals surface area contributed by atoms with Crippen LogP contribution < -0.4 is 0 Å². The van der Waals surface area contributed by atoms with Crippen LogP contribution in [0.25, 0.3) is 0 Å². The third-order valence-electron chi connectivity index (χ3n) is 2.90. The van der Waals surface area contributed by atoms with Crippen molar-refractivity contribution in [2.24, 2.45) is 5.41 Å². The lowest BCUT2D eigenvalue weighted by atomic mass is 9.84. The molecule has 0 unspecified atom stereocenters. The van der Waals surface area contributed by atoms with Crippen molar-refractivity contribution in [1.29, 1.82) is 0 Å². The average molecular weight is 232 g/mol. The van der Waals surface area contributed by atoms with Crippen LogP contribution in [-0.2, 0) is 9.59 Å². The van der Waals surface area contributed by atoms with E-state index < -0.39 is 17.0 Å². The second-order valence-corrected chi connectivity index (χ2v) is 4.60. The van der Waals surface area contributed by atoms with Crippen LogP contribution >= 0.6 is 0 Å². The Morgan fingerprint density at radius 1 is 1.41 bits per heavy atom. The number of Topliss-reactive ketones (excluding diaryl/α,β-unsaturated/α-hetero) is 2. The quantitative estimate of drug-likeness (QED) is 0.549. The van der Waals surface area contributed by atoms with Crippen molar-refractivity contribution in [3.05, 3.63) is 22.8 Å². The van der Waals surface area contributed by atoms with E-state index in [9.17, 15) is 9.59 Å². The summed E-state index contributed by atoms with van der Waals surface area (Å²) in [5, 5.41) is 8.70. The molecule has 0 aliphatic heterocycles. The first-order valence-electron chi connectivity index (χ1n) is 5.42. The van der Waals surface area contributed by atoms with E-state index in [1.807, 2.05) is 0 Å². The number of hydrogen-bond donors (Lipinski definition) is 1. The number of ketones is 2. The van der Waals surface area contributed by atoms with E-state index in [0.29, 0.717) is 11.1 Å². The predicted octanol–water partition coefficient (Wildman–Crippen LogP) is 1.42. The number of carbonyl (C=O) groups is 2. The summed E-state index contributed by atoms with van der Waals surface area (Å²) in [6, 6.07) is 0. The monoisotopic (exact) mass is 232 g/mol. The molecule has 0 saturated heterocycles. The number of aliphatic hydroxyl groups excluding tert-OH is 1. The lowest BCUT2D eigenvalue weighted by molar-refractivity contribution is -0.136. The molecule has 0 atom stereocenters. The second-order valence-electron chi connectivity index (χ2n) is 4.60. The lowest BCUT2D eigenvalue weighted by Gasteiger charge is -2.15. The van der Waals surface area contributed by atoms with Gasteiger partial charge in [-0.15, -0.1) is 0 Å². The van der Waals surface area contributed by atoms with Crippen LogP contribution in [0.3, 0.4) is 0 Å². The van der Waals surface area contributed by atoms with Gasteiger partial charge in [0.05, 0.1) is 12.0 Å². The molecule has 1 aliphatic carbocycles. The summed E-state index contributed by atoms with van der Waals surface area (Å²) in [5.74, 6) is 4.88. The highest BCUT2D eigenvalue weighted by Gasteiger charge is 2.44. The SMILES string of the molecule is CC(C#CC1=C(C)C(=O)C(=O)C1(C)C)=CCO. The normalized spacial score (nSPS) is 19.5. The summed E-state index contributed by atoms with van der Waals surface area (Å²) in [6.45, 7) is 6.74. The molecule has 1 N–H and O–H groups in total. The molecule has 0 saturated carbocycles. The Morgan fingerprint density at radius 3 is 2.41 bits per heavy atom. The zero-order valence-corrected chi connectivity index (χ0v) is 10.5. The molecule has 90 valence electrons. The Hall–Kier alpha value is -1.66. The molecule has 0 aromatic heterocycles. The van der Waals surface area contributed by atoms with Gasteiger partial charge in [-0.05, 0) is 39.3 Å². The lowest BCUT2D eigenvalue weighted by Crippen LogP contribution is -2.25. The van der Waals surface area contributed by atoms with Crippen molar-refractivity contribution >= 4 is 11.6 Å². The summed E-state index contributed by atoms with van der Waals surface area (Å²) in [5.41, 5.74) is 0.908. The van der Waals surface area contributed by atoms with Crippen molar-refractivity contribution < 1.29 is 14.7 Å². The average Bonchev–Trinajstić information content (AvgIpc) is 2.39. The highest BCUT2D eigenvalue weighted by Crippen LogP contribution is 2.36. The third kappa shape index (κ3) is 2.37. The van der Waals surface area contributed by atoms with Crippen LogP contribution in [0.4, 0.5) is 0 Å². The molecule has 0 heterocycles. The standard InChI is InChI=1S/C14H16O3/c1-9(7-8-15)5-6-11-10(2)12(16)13(17)14(11,3)4/h7,15H,8H2,1-4H3. The molecule has 0 spiro atoms. The van der Waals surface area contributed by atoms with Gasteiger partial charge in [0.2, 0.25) is 11.6 Å². The topological polar surface area (TPSA) is 54.4 Å². The molecule has 0 amide bonds. The Morgan fingerprint density at radius 2 is 2.00 bits per heavy atom. The maximum atomic E-state index is 11.7. The summed E-state index contributed by atoms with van der Waals surface area (Å²) < 4.78 is 0. The van der Waals surface area contributed by atoms with Gasteiger partial charge >= 0.3 is 0 Å². The van der Waals surface area contributed by atoms with Crippen LogP contribution in [-0.4, -0.2) is 23.3 Å². The third-order valence-corrected chi connectivity index (χ3v) is 2.90. The number of allylic oxidation sites excluding steroid dienone is 3. The molecule has 3 heteroatoms. The number of aliphatic hydroxyl groups is 1. The molecule has 3 nitrogen and oxygen atoms in total. The van der Waals surface area contributed by atoms with E-state index in [1.165, 1.54) is 0 Å². The summed E-state index contributed by atoms with van der Waals surface area (Å²) in [4.78, 5) is 23.3. The van der Waals surface area contributed by atoms with Crippen molar-refractivity contribution in [2.75, 3.05) is 6.61 Å². The van der Waals surface area contributed by atoms with Crippen LogP contribution in [0.2, 0.25) is 0 Å². The highest BCUT2D eigenvalue weighted by molar-refractivity contribution is 6.48. The first kappa shape index (κ1) is 13.4. The van der Waals surface area contributed by atoms with Crippen LogP contribution in [0.15, 0.2) is 22.8 Å². The smallest absolute Gasteiger partial charge is 0.226 e. The van der Waals surface area contributed by atoms with Crippen molar-refractivity contribution in [3.63, 3.8) is 0 Å².